The fourth-order valence-electron chi connectivity index (χ4n) is 1.65. The third-order valence-electron chi connectivity index (χ3n) is 2.61. The number of aromatic nitrogens is 4. The van der Waals surface area contributed by atoms with Crippen LogP contribution >= 0.6 is 11.3 Å². The van der Waals surface area contributed by atoms with Gasteiger partial charge in [-0.2, -0.15) is 0 Å². The van der Waals surface area contributed by atoms with Crippen molar-refractivity contribution in [3.63, 3.8) is 0 Å². The molecule has 3 rings (SSSR count). The molecule has 0 spiro atoms. The molecule has 0 bridgehead atoms. The molecule has 20 heavy (non-hydrogen) atoms. The van der Waals surface area contributed by atoms with Crippen LogP contribution in [0.1, 0.15) is 11.8 Å². The lowest BCUT2D eigenvalue weighted by Gasteiger charge is -2.03. The molecule has 0 saturated heterocycles. The lowest BCUT2D eigenvalue weighted by atomic mass is 10.3. The number of benzene rings is 1. The third kappa shape index (κ3) is 2.72. The Morgan fingerprint density at radius 3 is 2.80 bits per heavy atom. The number of anilines is 2. The third-order valence-corrected chi connectivity index (χ3v) is 3.58. The van der Waals surface area contributed by atoms with Gasteiger partial charge in [-0.1, -0.05) is 34.2 Å². The van der Waals surface area contributed by atoms with Crippen molar-refractivity contribution in [3.8, 4) is 0 Å². The second kappa shape index (κ2) is 5.62. The maximum Gasteiger partial charge on any atom is 0.269 e. The molecule has 100 valence electrons. The molecule has 1 N–H and O–H groups in total. The average molecular weight is 284 g/mol. The molecule has 0 radical (unpaired) electrons. The van der Waals surface area contributed by atoms with Crippen LogP contribution in [-0.2, 0) is 0 Å². The van der Waals surface area contributed by atoms with Crippen LogP contribution in [0, 0.1) is 0 Å². The largest absolute Gasteiger partial charge is 0.321 e. The van der Waals surface area contributed by atoms with Gasteiger partial charge in [0.15, 0.2) is 0 Å². The minimum atomic E-state index is 0.479. The Kier molecular flexibility index (Phi) is 3.51. The minimum absolute atomic E-state index is 0.479. The Balaban J connectivity index is 1.85. The lowest BCUT2D eigenvalue weighted by Crippen LogP contribution is -2.04. The van der Waals surface area contributed by atoms with Gasteiger partial charge in [-0.3, -0.25) is 0 Å². The Bertz CT molecular complexity index is 702. The Morgan fingerprint density at radius 2 is 2.05 bits per heavy atom. The van der Waals surface area contributed by atoms with Crippen LogP contribution < -0.4 is 5.32 Å². The van der Waals surface area contributed by atoms with Gasteiger partial charge in [-0.05, 0) is 40.9 Å². The van der Waals surface area contributed by atoms with E-state index in [1.165, 1.54) is 4.79 Å². The molecular formula is C13H12N6S. The van der Waals surface area contributed by atoms with Crippen molar-refractivity contribution in [2.75, 3.05) is 5.32 Å². The van der Waals surface area contributed by atoms with Crippen molar-refractivity contribution in [2.45, 2.75) is 6.92 Å². The summed E-state index contributed by atoms with van der Waals surface area (Å²) in [5.41, 5.74) is 1.77. The zero-order valence-corrected chi connectivity index (χ0v) is 11.6. The number of nitrogens with zero attached hydrogens (tertiary/aromatic N) is 5. The van der Waals surface area contributed by atoms with E-state index in [0.717, 1.165) is 16.3 Å². The maximum atomic E-state index is 4.40. The number of tetrazole rings is 1. The summed E-state index contributed by atoms with van der Waals surface area (Å²) in [6, 6.07) is 13.7. The fraction of sp³-hybridized carbons (Fsp3) is 0.0769. The molecule has 0 aliphatic heterocycles. The quantitative estimate of drug-likeness (QED) is 0.748. The van der Waals surface area contributed by atoms with Crippen LogP contribution in [0.15, 0.2) is 52.9 Å². The highest BCUT2D eigenvalue weighted by Gasteiger charge is 2.06. The van der Waals surface area contributed by atoms with Crippen molar-refractivity contribution >= 4 is 28.7 Å². The highest BCUT2D eigenvalue weighted by atomic mass is 32.1. The smallest absolute Gasteiger partial charge is 0.269 e. The first-order valence-electron chi connectivity index (χ1n) is 6.03. The van der Waals surface area contributed by atoms with Crippen molar-refractivity contribution in [1.82, 2.24) is 20.3 Å². The zero-order valence-electron chi connectivity index (χ0n) is 10.8. The predicted octanol–water partition coefficient (Wildman–Crippen LogP) is 2.75. The Morgan fingerprint density at radius 1 is 1.20 bits per heavy atom. The fourth-order valence-corrected chi connectivity index (χ4v) is 2.32. The monoisotopic (exact) mass is 284 g/mol. The molecule has 0 saturated carbocycles. The van der Waals surface area contributed by atoms with Crippen LogP contribution in [0.2, 0.25) is 0 Å². The molecule has 0 aliphatic rings. The maximum absolute atomic E-state index is 4.40. The minimum Gasteiger partial charge on any atom is -0.321 e. The molecule has 0 amide bonds. The zero-order chi connectivity index (χ0) is 13.8. The van der Waals surface area contributed by atoms with E-state index in [2.05, 4.69) is 25.9 Å². The van der Waals surface area contributed by atoms with E-state index in [1.807, 2.05) is 54.8 Å². The Labute approximate surface area is 119 Å². The van der Waals surface area contributed by atoms with E-state index in [1.54, 1.807) is 11.3 Å². The van der Waals surface area contributed by atoms with Crippen molar-refractivity contribution in [2.24, 2.45) is 5.10 Å². The summed E-state index contributed by atoms with van der Waals surface area (Å²) in [6.45, 7) is 1.93. The highest BCUT2D eigenvalue weighted by molar-refractivity contribution is 7.12. The summed E-state index contributed by atoms with van der Waals surface area (Å²) < 4.78 is 0. The highest BCUT2D eigenvalue weighted by Crippen LogP contribution is 2.14. The summed E-state index contributed by atoms with van der Waals surface area (Å²) in [5, 5.41) is 21.0. The molecule has 7 heteroatoms. The van der Waals surface area contributed by atoms with Gasteiger partial charge in [-0.15, -0.1) is 16.4 Å². The second-order valence-corrected chi connectivity index (χ2v) is 4.99. The van der Waals surface area contributed by atoms with Gasteiger partial charge in [0.25, 0.3) is 5.95 Å². The van der Waals surface area contributed by atoms with Gasteiger partial charge in [0.05, 0.1) is 10.6 Å². The molecule has 2 aromatic heterocycles. The van der Waals surface area contributed by atoms with Crippen LogP contribution in [-0.4, -0.2) is 26.0 Å². The first-order chi connectivity index (χ1) is 9.83. The number of rotatable bonds is 4. The first kappa shape index (κ1) is 12.5. The number of hydrogen-bond acceptors (Lipinski definition) is 6. The predicted molar refractivity (Wildman–Crippen MR) is 79.5 cm³/mol. The SMILES string of the molecule is CC(=Nn1nnnc1Nc1ccccc1)c1cccs1. The van der Waals surface area contributed by atoms with E-state index in [0.29, 0.717) is 5.95 Å². The van der Waals surface area contributed by atoms with E-state index in [-0.39, 0.29) is 0 Å². The van der Waals surface area contributed by atoms with E-state index in [9.17, 15) is 0 Å². The van der Waals surface area contributed by atoms with Gasteiger partial charge in [-0.25, -0.2) is 0 Å². The molecule has 6 nitrogen and oxygen atoms in total. The Hall–Kier alpha value is -2.54. The molecule has 3 aromatic rings. The molecule has 2 heterocycles. The molecule has 0 aliphatic carbocycles. The normalized spacial score (nSPS) is 11.6. The number of para-hydroxylation sites is 1. The van der Waals surface area contributed by atoms with Crippen LogP contribution in [0.25, 0.3) is 0 Å². The van der Waals surface area contributed by atoms with Crippen LogP contribution in [0.4, 0.5) is 11.6 Å². The number of nitrogens with one attached hydrogen (secondary N) is 1. The van der Waals surface area contributed by atoms with Gasteiger partial charge < -0.3 is 5.32 Å². The first-order valence-corrected chi connectivity index (χ1v) is 6.91. The summed E-state index contributed by atoms with van der Waals surface area (Å²) >= 11 is 1.63. The van der Waals surface area contributed by atoms with Crippen molar-refractivity contribution < 1.29 is 0 Å². The van der Waals surface area contributed by atoms with E-state index >= 15 is 0 Å². The van der Waals surface area contributed by atoms with Crippen LogP contribution in [0.5, 0.6) is 0 Å². The van der Waals surface area contributed by atoms with Gasteiger partial charge in [0, 0.05) is 5.69 Å². The van der Waals surface area contributed by atoms with Crippen molar-refractivity contribution in [3.05, 3.63) is 52.7 Å². The number of hydrogen-bond donors (Lipinski definition) is 1. The van der Waals surface area contributed by atoms with Gasteiger partial charge >= 0.3 is 0 Å². The summed E-state index contributed by atoms with van der Waals surface area (Å²) in [4.78, 5) is 2.48. The lowest BCUT2D eigenvalue weighted by molar-refractivity contribution is 0.695. The molecule has 1 aromatic carbocycles. The topological polar surface area (TPSA) is 68.0 Å². The second-order valence-electron chi connectivity index (χ2n) is 4.05. The summed E-state index contributed by atoms with van der Waals surface area (Å²) in [7, 11) is 0. The van der Waals surface area contributed by atoms with E-state index < -0.39 is 0 Å². The van der Waals surface area contributed by atoms with Crippen molar-refractivity contribution in [1.29, 1.82) is 0 Å². The number of thiophene rings is 1. The van der Waals surface area contributed by atoms with Gasteiger partial charge in [0.1, 0.15) is 0 Å². The molecule has 0 unspecified atom stereocenters. The molecule has 0 fully saturated rings. The summed E-state index contributed by atoms with van der Waals surface area (Å²) in [5.74, 6) is 0.479. The summed E-state index contributed by atoms with van der Waals surface area (Å²) in [6.07, 6.45) is 0. The van der Waals surface area contributed by atoms with E-state index in [4.69, 9.17) is 0 Å². The molecular weight excluding hydrogens is 272 g/mol. The van der Waals surface area contributed by atoms with Crippen LogP contribution in [0.3, 0.4) is 0 Å². The average Bonchev–Trinajstić information content (AvgIpc) is 3.12. The molecule has 0 atom stereocenters. The standard InChI is InChI=1S/C13H12N6S/c1-10(12-8-5-9-20-12)16-19-13(15-17-18-19)14-11-6-3-2-4-7-11/h2-9H,1H3,(H,14,15,18). The van der Waals surface area contributed by atoms with Gasteiger partial charge in [0.2, 0.25) is 0 Å².